The first-order valence-electron chi connectivity index (χ1n) is 4.89. The molecule has 0 amide bonds. The van der Waals surface area contributed by atoms with Gasteiger partial charge in [0.25, 0.3) is 0 Å². The molecule has 0 atom stereocenters. The fraction of sp³-hybridized carbons (Fsp3) is 0.857. The van der Waals surface area contributed by atoms with Gasteiger partial charge in [-0.2, -0.15) is 9.10 Å². The Hall–Kier alpha value is -1.02. The van der Waals surface area contributed by atoms with Crippen molar-refractivity contribution < 1.29 is 8.42 Å². The molecule has 82 valence electrons. The van der Waals surface area contributed by atoms with Crippen LogP contribution in [0, 0.1) is 0 Å². The molecule has 2 fully saturated rings. The number of aromatic nitrogens is 4. The third kappa shape index (κ3) is 1.44. The normalized spacial score (nSPS) is 24.0. The van der Waals surface area contributed by atoms with Crippen LogP contribution >= 0.6 is 0 Å². The average Bonchev–Trinajstić information content (AvgIpc) is 2.84. The minimum atomic E-state index is -3.01. The molecule has 1 saturated carbocycles. The maximum absolute atomic E-state index is 11.8. The molecular formula is C7H11N5O2S. The second kappa shape index (κ2) is 2.99. The number of sulfonamides is 1. The van der Waals surface area contributed by atoms with Crippen LogP contribution in [0.3, 0.4) is 0 Å². The second-order valence-electron chi connectivity index (χ2n) is 3.97. The summed E-state index contributed by atoms with van der Waals surface area (Å²) in [6, 6.07) is 0.0565. The third-order valence-corrected chi connectivity index (χ3v) is 5.16. The van der Waals surface area contributed by atoms with E-state index in [1.165, 1.54) is 15.4 Å². The van der Waals surface area contributed by atoms with Crippen molar-refractivity contribution in [3.8, 4) is 0 Å². The Morgan fingerprint density at radius 2 is 2.00 bits per heavy atom. The lowest BCUT2D eigenvalue weighted by Crippen LogP contribution is -2.52. The van der Waals surface area contributed by atoms with Crippen molar-refractivity contribution in [2.75, 3.05) is 13.1 Å². The lowest BCUT2D eigenvalue weighted by atomic mass is 10.2. The summed E-state index contributed by atoms with van der Waals surface area (Å²) in [5.41, 5.74) is 0. The summed E-state index contributed by atoms with van der Waals surface area (Å²) in [4.78, 5) is 1.47. The van der Waals surface area contributed by atoms with Crippen LogP contribution in [0.1, 0.15) is 18.9 Å². The highest BCUT2D eigenvalue weighted by Crippen LogP contribution is 2.35. The maximum atomic E-state index is 11.8. The smallest absolute Gasteiger partial charge is 0.212 e. The summed E-state index contributed by atoms with van der Waals surface area (Å²) in [7, 11) is -3.01. The summed E-state index contributed by atoms with van der Waals surface area (Å²) in [5.74, 6) is 0. The summed E-state index contributed by atoms with van der Waals surface area (Å²) in [5, 5.41) is 11.1. The van der Waals surface area contributed by atoms with Crippen molar-refractivity contribution in [3.63, 3.8) is 0 Å². The molecule has 2 aliphatic rings. The highest BCUT2D eigenvalue weighted by Gasteiger charge is 2.46. The van der Waals surface area contributed by atoms with Gasteiger partial charge in [0.1, 0.15) is 6.04 Å². The van der Waals surface area contributed by atoms with Gasteiger partial charge in [-0.25, -0.2) is 8.42 Å². The predicted octanol–water partition coefficient (Wildman–Crippen LogP) is -0.978. The van der Waals surface area contributed by atoms with E-state index in [-0.39, 0.29) is 11.3 Å². The van der Waals surface area contributed by atoms with Crippen LogP contribution in [0.4, 0.5) is 0 Å². The van der Waals surface area contributed by atoms with Crippen LogP contribution in [0.25, 0.3) is 0 Å². The molecule has 0 aromatic carbocycles. The first kappa shape index (κ1) is 9.22. The summed E-state index contributed by atoms with van der Waals surface area (Å²) in [6.07, 6.45) is 2.98. The third-order valence-electron chi connectivity index (χ3n) is 2.83. The maximum Gasteiger partial charge on any atom is 0.217 e. The van der Waals surface area contributed by atoms with Crippen molar-refractivity contribution in [3.05, 3.63) is 6.33 Å². The zero-order chi connectivity index (χ0) is 10.5. The molecule has 1 aliphatic carbocycles. The first-order valence-corrected chi connectivity index (χ1v) is 6.39. The zero-order valence-corrected chi connectivity index (χ0v) is 8.84. The fourth-order valence-corrected chi connectivity index (χ4v) is 3.60. The summed E-state index contributed by atoms with van der Waals surface area (Å²) < 4.78 is 25.0. The van der Waals surface area contributed by atoms with Crippen molar-refractivity contribution in [2.45, 2.75) is 24.1 Å². The summed E-state index contributed by atoms with van der Waals surface area (Å²) >= 11 is 0. The van der Waals surface area contributed by atoms with E-state index >= 15 is 0 Å². The van der Waals surface area contributed by atoms with Crippen molar-refractivity contribution in [1.29, 1.82) is 0 Å². The quantitative estimate of drug-likeness (QED) is 0.665. The van der Waals surface area contributed by atoms with Gasteiger partial charge >= 0.3 is 0 Å². The number of tetrazole rings is 1. The Kier molecular flexibility index (Phi) is 1.84. The molecule has 2 heterocycles. The Morgan fingerprint density at radius 3 is 2.53 bits per heavy atom. The number of rotatable bonds is 3. The van der Waals surface area contributed by atoms with E-state index in [0.29, 0.717) is 13.1 Å². The van der Waals surface area contributed by atoms with Crippen LogP contribution in [0.5, 0.6) is 0 Å². The SMILES string of the molecule is O=S(=O)(C1CC1)N1CC(n2ncnn2)C1. The molecule has 8 heteroatoms. The molecule has 1 saturated heterocycles. The molecule has 7 nitrogen and oxygen atoms in total. The van der Waals surface area contributed by atoms with E-state index in [4.69, 9.17) is 0 Å². The standard InChI is InChI=1S/C7H11N5O2S/c13-15(14,7-1-2-7)11-3-6(4-11)12-9-5-8-10-12/h5-7H,1-4H2. The topological polar surface area (TPSA) is 81.0 Å². The monoisotopic (exact) mass is 229 g/mol. The Balaban J connectivity index is 1.67. The van der Waals surface area contributed by atoms with E-state index in [2.05, 4.69) is 15.4 Å². The lowest BCUT2D eigenvalue weighted by molar-refractivity contribution is 0.173. The van der Waals surface area contributed by atoms with Gasteiger partial charge in [0.2, 0.25) is 10.0 Å². The number of hydrogen-bond donors (Lipinski definition) is 0. The molecule has 0 bridgehead atoms. The molecular weight excluding hydrogens is 218 g/mol. The molecule has 15 heavy (non-hydrogen) atoms. The molecule has 0 unspecified atom stereocenters. The highest BCUT2D eigenvalue weighted by molar-refractivity contribution is 7.90. The first-order chi connectivity index (χ1) is 7.18. The van der Waals surface area contributed by atoms with E-state index in [0.717, 1.165) is 12.8 Å². The minimum Gasteiger partial charge on any atom is -0.212 e. The van der Waals surface area contributed by atoms with Crippen LogP contribution in [0.2, 0.25) is 0 Å². The van der Waals surface area contributed by atoms with Gasteiger partial charge in [-0.15, -0.1) is 10.2 Å². The van der Waals surface area contributed by atoms with Gasteiger partial charge in [-0.05, 0) is 18.1 Å². The predicted molar refractivity (Wildman–Crippen MR) is 50.4 cm³/mol. The molecule has 1 aromatic heterocycles. The zero-order valence-electron chi connectivity index (χ0n) is 8.02. The molecule has 0 radical (unpaired) electrons. The van der Waals surface area contributed by atoms with Crippen LogP contribution in [0.15, 0.2) is 6.33 Å². The molecule has 1 aromatic rings. The molecule has 3 rings (SSSR count). The van der Waals surface area contributed by atoms with Gasteiger partial charge in [-0.1, -0.05) is 0 Å². The van der Waals surface area contributed by atoms with Crippen LogP contribution in [-0.2, 0) is 10.0 Å². The van der Waals surface area contributed by atoms with Crippen LogP contribution in [-0.4, -0.2) is 51.3 Å². The van der Waals surface area contributed by atoms with Gasteiger partial charge in [0.05, 0.1) is 5.25 Å². The number of nitrogens with zero attached hydrogens (tertiary/aromatic N) is 5. The second-order valence-corrected chi connectivity index (χ2v) is 6.18. The fourth-order valence-electron chi connectivity index (χ4n) is 1.69. The van der Waals surface area contributed by atoms with E-state index < -0.39 is 10.0 Å². The molecule has 0 N–H and O–H groups in total. The van der Waals surface area contributed by atoms with Crippen molar-refractivity contribution >= 4 is 10.0 Å². The number of hydrogen-bond acceptors (Lipinski definition) is 5. The molecule has 1 aliphatic heterocycles. The van der Waals surface area contributed by atoms with Gasteiger partial charge < -0.3 is 0 Å². The Bertz CT molecular complexity index is 446. The van der Waals surface area contributed by atoms with Gasteiger partial charge in [0.15, 0.2) is 6.33 Å². The van der Waals surface area contributed by atoms with E-state index in [1.54, 1.807) is 0 Å². The lowest BCUT2D eigenvalue weighted by Gasteiger charge is -2.36. The van der Waals surface area contributed by atoms with Crippen LogP contribution < -0.4 is 0 Å². The van der Waals surface area contributed by atoms with Gasteiger partial charge in [0, 0.05) is 13.1 Å². The average molecular weight is 229 g/mol. The van der Waals surface area contributed by atoms with Crippen molar-refractivity contribution in [1.82, 2.24) is 24.5 Å². The highest BCUT2D eigenvalue weighted by atomic mass is 32.2. The van der Waals surface area contributed by atoms with E-state index in [9.17, 15) is 8.42 Å². The Labute approximate surface area is 87.1 Å². The minimum absolute atomic E-state index is 0.0565. The van der Waals surface area contributed by atoms with Crippen molar-refractivity contribution in [2.24, 2.45) is 0 Å². The van der Waals surface area contributed by atoms with Gasteiger partial charge in [-0.3, -0.25) is 0 Å². The molecule has 0 spiro atoms. The largest absolute Gasteiger partial charge is 0.217 e. The Morgan fingerprint density at radius 1 is 1.27 bits per heavy atom. The summed E-state index contributed by atoms with van der Waals surface area (Å²) in [6.45, 7) is 0.963. The van der Waals surface area contributed by atoms with E-state index in [1.807, 2.05) is 0 Å².